The van der Waals surface area contributed by atoms with Crippen molar-refractivity contribution in [3.63, 3.8) is 0 Å². The fourth-order valence-electron chi connectivity index (χ4n) is 3.28. The highest BCUT2D eigenvalue weighted by molar-refractivity contribution is 6.04. The Kier molecular flexibility index (Phi) is 4.16. The van der Waals surface area contributed by atoms with Crippen molar-refractivity contribution in [1.29, 1.82) is 0 Å². The van der Waals surface area contributed by atoms with E-state index in [1.54, 1.807) is 4.90 Å². The van der Waals surface area contributed by atoms with Crippen LogP contribution in [0.4, 0.5) is 5.69 Å². The SMILES string of the molecule is Cc1ccc2[nH]nc(C(=O)NCc3ccc(N4CCCC4=O)cc3)c2c1. The lowest BCUT2D eigenvalue weighted by Crippen LogP contribution is -2.24. The highest BCUT2D eigenvalue weighted by Gasteiger charge is 2.21. The molecule has 0 atom stereocenters. The molecule has 6 nitrogen and oxygen atoms in total. The minimum atomic E-state index is -0.208. The van der Waals surface area contributed by atoms with Crippen LogP contribution in [0.2, 0.25) is 0 Å². The first-order chi connectivity index (χ1) is 12.6. The quantitative estimate of drug-likeness (QED) is 0.761. The van der Waals surface area contributed by atoms with E-state index in [1.807, 2.05) is 49.4 Å². The average molecular weight is 348 g/mol. The van der Waals surface area contributed by atoms with Gasteiger partial charge < -0.3 is 10.2 Å². The number of aromatic nitrogens is 2. The van der Waals surface area contributed by atoms with Gasteiger partial charge in [-0.2, -0.15) is 5.10 Å². The van der Waals surface area contributed by atoms with E-state index < -0.39 is 0 Å². The van der Waals surface area contributed by atoms with Crippen LogP contribution in [0.15, 0.2) is 42.5 Å². The number of rotatable bonds is 4. The number of hydrogen-bond donors (Lipinski definition) is 2. The molecule has 0 saturated carbocycles. The predicted octanol–water partition coefficient (Wildman–Crippen LogP) is 2.93. The van der Waals surface area contributed by atoms with Crippen LogP contribution in [0.1, 0.15) is 34.5 Å². The Hall–Kier alpha value is -3.15. The van der Waals surface area contributed by atoms with E-state index in [-0.39, 0.29) is 11.8 Å². The van der Waals surface area contributed by atoms with E-state index in [4.69, 9.17) is 0 Å². The first-order valence-corrected chi connectivity index (χ1v) is 8.74. The Labute approximate surface area is 151 Å². The van der Waals surface area contributed by atoms with Crippen molar-refractivity contribution >= 4 is 28.4 Å². The van der Waals surface area contributed by atoms with Crippen LogP contribution < -0.4 is 10.2 Å². The van der Waals surface area contributed by atoms with E-state index in [0.717, 1.165) is 40.7 Å². The average Bonchev–Trinajstić information content (AvgIpc) is 3.26. The molecule has 26 heavy (non-hydrogen) atoms. The maximum atomic E-state index is 12.5. The van der Waals surface area contributed by atoms with Crippen molar-refractivity contribution in [2.24, 2.45) is 0 Å². The molecule has 3 aromatic rings. The molecular weight excluding hydrogens is 328 g/mol. The van der Waals surface area contributed by atoms with Gasteiger partial charge in [0.05, 0.1) is 5.52 Å². The third kappa shape index (κ3) is 3.06. The molecule has 6 heteroatoms. The van der Waals surface area contributed by atoms with Crippen LogP contribution in [-0.4, -0.2) is 28.6 Å². The third-order valence-corrected chi connectivity index (χ3v) is 4.71. The van der Waals surface area contributed by atoms with Gasteiger partial charge in [0.15, 0.2) is 5.69 Å². The van der Waals surface area contributed by atoms with Crippen molar-refractivity contribution < 1.29 is 9.59 Å². The normalized spacial score (nSPS) is 14.2. The monoisotopic (exact) mass is 348 g/mol. The summed E-state index contributed by atoms with van der Waals surface area (Å²) in [4.78, 5) is 26.1. The first-order valence-electron chi connectivity index (χ1n) is 8.74. The van der Waals surface area contributed by atoms with Crippen molar-refractivity contribution in [2.45, 2.75) is 26.3 Å². The van der Waals surface area contributed by atoms with E-state index in [0.29, 0.717) is 18.7 Å². The zero-order valence-electron chi connectivity index (χ0n) is 14.6. The minimum absolute atomic E-state index is 0.173. The zero-order valence-corrected chi connectivity index (χ0v) is 14.6. The summed E-state index contributed by atoms with van der Waals surface area (Å²) < 4.78 is 0. The largest absolute Gasteiger partial charge is 0.347 e. The van der Waals surface area contributed by atoms with Gasteiger partial charge in [0.2, 0.25) is 5.91 Å². The molecule has 4 rings (SSSR count). The predicted molar refractivity (Wildman–Crippen MR) is 100 cm³/mol. The van der Waals surface area contributed by atoms with Crippen LogP contribution in [0.25, 0.3) is 10.9 Å². The molecule has 1 saturated heterocycles. The van der Waals surface area contributed by atoms with Crippen LogP contribution in [0.5, 0.6) is 0 Å². The Morgan fingerprint density at radius 3 is 2.77 bits per heavy atom. The number of anilines is 1. The zero-order chi connectivity index (χ0) is 18.1. The van der Waals surface area contributed by atoms with E-state index in [1.165, 1.54) is 0 Å². The second kappa shape index (κ2) is 6.63. The number of carbonyl (C=O) groups excluding carboxylic acids is 2. The fourth-order valence-corrected chi connectivity index (χ4v) is 3.28. The molecule has 2 aromatic carbocycles. The van der Waals surface area contributed by atoms with Gasteiger partial charge in [0, 0.05) is 30.6 Å². The van der Waals surface area contributed by atoms with Crippen molar-refractivity contribution in [3.8, 4) is 0 Å². The summed E-state index contributed by atoms with van der Waals surface area (Å²) in [7, 11) is 0. The maximum Gasteiger partial charge on any atom is 0.272 e. The molecule has 0 unspecified atom stereocenters. The summed E-state index contributed by atoms with van der Waals surface area (Å²) in [6.07, 6.45) is 1.53. The Balaban J connectivity index is 1.44. The Morgan fingerprint density at radius 1 is 1.23 bits per heavy atom. The summed E-state index contributed by atoms with van der Waals surface area (Å²) in [5.41, 5.74) is 4.23. The van der Waals surface area contributed by atoms with Crippen LogP contribution in [0.3, 0.4) is 0 Å². The summed E-state index contributed by atoms with van der Waals surface area (Å²) >= 11 is 0. The van der Waals surface area contributed by atoms with Gasteiger partial charge in [0.1, 0.15) is 0 Å². The van der Waals surface area contributed by atoms with Gasteiger partial charge in [-0.1, -0.05) is 23.8 Å². The molecule has 2 heterocycles. The molecule has 1 fully saturated rings. The van der Waals surface area contributed by atoms with E-state index >= 15 is 0 Å². The van der Waals surface area contributed by atoms with Crippen molar-refractivity contribution in [2.75, 3.05) is 11.4 Å². The lowest BCUT2D eigenvalue weighted by molar-refractivity contribution is -0.117. The number of nitrogens with zero attached hydrogens (tertiary/aromatic N) is 2. The number of fused-ring (bicyclic) bond motifs is 1. The summed E-state index contributed by atoms with van der Waals surface area (Å²) in [6, 6.07) is 13.6. The number of aromatic amines is 1. The van der Waals surface area contributed by atoms with Crippen LogP contribution >= 0.6 is 0 Å². The van der Waals surface area contributed by atoms with Gasteiger partial charge in [-0.15, -0.1) is 0 Å². The van der Waals surface area contributed by atoms with Crippen LogP contribution in [0, 0.1) is 6.92 Å². The number of hydrogen-bond acceptors (Lipinski definition) is 3. The van der Waals surface area contributed by atoms with Gasteiger partial charge >= 0.3 is 0 Å². The summed E-state index contributed by atoms with van der Waals surface area (Å²) in [6.45, 7) is 3.18. The third-order valence-electron chi connectivity index (χ3n) is 4.71. The molecule has 0 radical (unpaired) electrons. The number of amides is 2. The number of H-pyrrole nitrogens is 1. The summed E-state index contributed by atoms with van der Waals surface area (Å²) in [5.74, 6) is -0.0348. The Morgan fingerprint density at radius 2 is 2.04 bits per heavy atom. The standard InChI is InChI=1S/C20H20N4O2/c1-13-4-9-17-16(11-13)19(23-22-17)20(26)21-12-14-5-7-15(8-6-14)24-10-2-3-18(24)25/h4-9,11H,2-3,10,12H2,1H3,(H,21,26)(H,22,23). The molecule has 132 valence electrons. The number of nitrogens with one attached hydrogen (secondary N) is 2. The van der Waals surface area contributed by atoms with Crippen molar-refractivity contribution in [3.05, 3.63) is 59.3 Å². The molecule has 2 amide bonds. The van der Waals surface area contributed by atoms with Crippen molar-refractivity contribution in [1.82, 2.24) is 15.5 Å². The lowest BCUT2D eigenvalue weighted by Gasteiger charge is -2.16. The number of carbonyl (C=O) groups is 2. The van der Waals surface area contributed by atoms with Gasteiger partial charge in [-0.25, -0.2) is 0 Å². The van der Waals surface area contributed by atoms with Gasteiger partial charge in [0.25, 0.3) is 5.91 Å². The van der Waals surface area contributed by atoms with Gasteiger partial charge in [-0.3, -0.25) is 14.7 Å². The molecule has 0 spiro atoms. The fraction of sp³-hybridized carbons (Fsp3) is 0.250. The smallest absolute Gasteiger partial charge is 0.272 e. The maximum absolute atomic E-state index is 12.5. The molecular formula is C20H20N4O2. The Bertz CT molecular complexity index is 975. The molecule has 0 aliphatic carbocycles. The highest BCUT2D eigenvalue weighted by Crippen LogP contribution is 2.22. The molecule has 1 aromatic heterocycles. The number of aryl methyl sites for hydroxylation is 1. The van der Waals surface area contributed by atoms with Crippen LogP contribution in [-0.2, 0) is 11.3 Å². The minimum Gasteiger partial charge on any atom is -0.347 e. The molecule has 1 aliphatic heterocycles. The second-order valence-electron chi connectivity index (χ2n) is 6.62. The number of benzene rings is 2. The molecule has 2 N–H and O–H groups in total. The van der Waals surface area contributed by atoms with E-state index in [2.05, 4.69) is 15.5 Å². The highest BCUT2D eigenvalue weighted by atomic mass is 16.2. The topological polar surface area (TPSA) is 78.1 Å². The van der Waals surface area contributed by atoms with Gasteiger partial charge in [-0.05, 0) is 43.2 Å². The summed E-state index contributed by atoms with van der Waals surface area (Å²) in [5, 5.41) is 10.8. The molecule has 0 bridgehead atoms. The first kappa shape index (κ1) is 16.3. The second-order valence-corrected chi connectivity index (χ2v) is 6.62. The molecule has 1 aliphatic rings. The van der Waals surface area contributed by atoms with E-state index in [9.17, 15) is 9.59 Å². The lowest BCUT2D eigenvalue weighted by atomic mass is 10.1.